The first kappa shape index (κ1) is 25.6. The van der Waals surface area contributed by atoms with E-state index in [0.717, 1.165) is 48.1 Å². The van der Waals surface area contributed by atoms with Crippen LogP contribution in [-0.2, 0) is 0 Å². The monoisotopic (exact) mass is 470 g/mol. The first-order valence-corrected chi connectivity index (χ1v) is 16.2. The molecule has 0 heterocycles. The first-order valence-electron chi connectivity index (χ1n) is 16.2. The third kappa shape index (κ3) is 6.24. The maximum Gasteiger partial charge on any atom is 0.0104 e. The summed E-state index contributed by atoms with van der Waals surface area (Å²) in [5.41, 5.74) is 0. The highest BCUT2D eigenvalue weighted by Gasteiger charge is 2.41. The Morgan fingerprint density at radius 1 is 0.324 bits per heavy atom. The normalized spacial score (nSPS) is 39.5. The molecule has 0 spiro atoms. The second-order valence-corrected chi connectivity index (χ2v) is 13.8. The summed E-state index contributed by atoms with van der Waals surface area (Å²) in [5.74, 6) is 1.91. The van der Waals surface area contributed by atoms with Crippen molar-refractivity contribution in [1.82, 2.24) is 9.80 Å². The molecule has 5 aliphatic carbocycles. The van der Waals surface area contributed by atoms with E-state index in [9.17, 15) is 0 Å². The maximum absolute atomic E-state index is 3.19. The summed E-state index contributed by atoms with van der Waals surface area (Å²) in [7, 11) is 0. The quantitative estimate of drug-likeness (QED) is 0.383. The van der Waals surface area contributed by atoms with Gasteiger partial charge >= 0.3 is 0 Å². The van der Waals surface area contributed by atoms with Gasteiger partial charge in [-0.05, 0) is 88.9 Å². The van der Waals surface area contributed by atoms with Gasteiger partial charge in [-0.2, -0.15) is 0 Å². The average Bonchev–Trinajstić information content (AvgIpc) is 2.87. The topological polar surface area (TPSA) is 6.48 Å². The molecule has 5 saturated carbocycles. The zero-order chi connectivity index (χ0) is 23.3. The molecule has 0 aliphatic heterocycles. The Hall–Kier alpha value is -0.0800. The van der Waals surface area contributed by atoms with Crippen molar-refractivity contribution >= 4 is 0 Å². The number of hydrogen-bond acceptors (Lipinski definition) is 2. The molecular formula is C32H58N2. The highest BCUT2D eigenvalue weighted by atomic mass is 15.2. The summed E-state index contributed by atoms with van der Waals surface area (Å²) in [6.45, 7) is 5.07. The molecule has 0 bridgehead atoms. The second-order valence-electron chi connectivity index (χ2n) is 13.8. The highest BCUT2D eigenvalue weighted by molar-refractivity contribution is 4.96. The van der Waals surface area contributed by atoms with Crippen LogP contribution >= 0.6 is 0 Å². The lowest BCUT2D eigenvalue weighted by molar-refractivity contribution is -0.0241. The van der Waals surface area contributed by atoms with Gasteiger partial charge in [0.05, 0.1) is 0 Å². The van der Waals surface area contributed by atoms with Crippen LogP contribution in [0.2, 0.25) is 0 Å². The molecule has 0 saturated heterocycles. The molecule has 4 atom stereocenters. The van der Waals surface area contributed by atoms with Gasteiger partial charge in [0.25, 0.3) is 0 Å². The minimum absolute atomic E-state index is 0.896. The Morgan fingerprint density at radius 3 is 1.00 bits per heavy atom. The number of nitrogens with zero attached hydrogens (tertiary/aromatic N) is 2. The molecule has 5 fully saturated rings. The van der Waals surface area contributed by atoms with Gasteiger partial charge in [-0.3, -0.25) is 9.80 Å². The zero-order valence-corrected chi connectivity index (χ0v) is 23.1. The van der Waals surface area contributed by atoms with Crippen LogP contribution in [0.25, 0.3) is 0 Å². The fourth-order valence-corrected chi connectivity index (χ4v) is 9.55. The van der Waals surface area contributed by atoms with Crippen molar-refractivity contribution in [2.75, 3.05) is 0 Å². The van der Waals surface area contributed by atoms with Crippen LogP contribution in [0.4, 0.5) is 0 Å². The molecule has 0 N–H and O–H groups in total. The summed E-state index contributed by atoms with van der Waals surface area (Å²) >= 11 is 0. The molecule has 5 aliphatic rings. The van der Waals surface area contributed by atoms with Crippen LogP contribution in [0.3, 0.4) is 0 Å². The third-order valence-corrected chi connectivity index (χ3v) is 11.2. The van der Waals surface area contributed by atoms with E-state index in [2.05, 4.69) is 23.6 Å². The molecule has 2 nitrogen and oxygen atoms in total. The fourth-order valence-electron chi connectivity index (χ4n) is 9.55. The van der Waals surface area contributed by atoms with E-state index in [1.54, 1.807) is 0 Å². The van der Waals surface area contributed by atoms with Crippen LogP contribution < -0.4 is 0 Å². The lowest BCUT2D eigenvalue weighted by atomic mass is 9.78. The average molecular weight is 471 g/mol. The standard InChI is InChI=1S/C32H58N2/c1-25-11-9-17-31(23-25)33(27-13-5-3-6-14-27)29-19-21-30(22-20-29)34(28-15-7-4-8-16-28)32-18-10-12-26(2)24-32/h25-32H,3-24H2,1-2H3. The highest BCUT2D eigenvalue weighted by Crippen LogP contribution is 2.41. The van der Waals surface area contributed by atoms with Gasteiger partial charge in [-0.15, -0.1) is 0 Å². The molecule has 0 aromatic rings. The largest absolute Gasteiger partial charge is 0.294 e. The maximum atomic E-state index is 3.19. The lowest BCUT2D eigenvalue weighted by Crippen LogP contribution is -2.56. The van der Waals surface area contributed by atoms with Crippen molar-refractivity contribution in [3.05, 3.63) is 0 Å². The summed E-state index contributed by atoms with van der Waals surface area (Å²) in [6, 6.07) is 5.43. The van der Waals surface area contributed by atoms with E-state index in [4.69, 9.17) is 0 Å². The minimum Gasteiger partial charge on any atom is -0.294 e. The number of hydrogen-bond donors (Lipinski definition) is 0. The predicted molar refractivity (Wildman–Crippen MR) is 146 cm³/mol. The van der Waals surface area contributed by atoms with Gasteiger partial charge < -0.3 is 0 Å². The molecule has 34 heavy (non-hydrogen) atoms. The molecule has 0 amide bonds. The molecule has 196 valence electrons. The van der Waals surface area contributed by atoms with Crippen LogP contribution in [-0.4, -0.2) is 46.1 Å². The Bertz CT molecular complexity index is 532. The van der Waals surface area contributed by atoms with Crippen molar-refractivity contribution in [3.8, 4) is 0 Å². The van der Waals surface area contributed by atoms with Gasteiger partial charge in [0.15, 0.2) is 0 Å². The van der Waals surface area contributed by atoms with Crippen molar-refractivity contribution < 1.29 is 0 Å². The van der Waals surface area contributed by atoms with E-state index < -0.39 is 0 Å². The van der Waals surface area contributed by atoms with Crippen LogP contribution in [0.1, 0.15) is 155 Å². The summed E-state index contributed by atoms with van der Waals surface area (Å²) in [4.78, 5) is 6.39. The smallest absolute Gasteiger partial charge is 0.0104 e. The van der Waals surface area contributed by atoms with Gasteiger partial charge in [0.2, 0.25) is 0 Å². The molecular weight excluding hydrogens is 412 g/mol. The van der Waals surface area contributed by atoms with Crippen molar-refractivity contribution in [1.29, 1.82) is 0 Å². The van der Waals surface area contributed by atoms with Crippen molar-refractivity contribution in [2.24, 2.45) is 11.8 Å². The van der Waals surface area contributed by atoms with Crippen LogP contribution in [0.15, 0.2) is 0 Å². The van der Waals surface area contributed by atoms with E-state index in [0.29, 0.717) is 0 Å². The minimum atomic E-state index is 0.896. The van der Waals surface area contributed by atoms with E-state index >= 15 is 0 Å². The van der Waals surface area contributed by atoms with Crippen LogP contribution in [0, 0.1) is 11.8 Å². The van der Waals surface area contributed by atoms with Gasteiger partial charge in [-0.1, -0.05) is 78.1 Å². The molecule has 4 unspecified atom stereocenters. The van der Waals surface area contributed by atoms with Crippen molar-refractivity contribution in [2.45, 2.75) is 191 Å². The number of rotatable bonds is 6. The van der Waals surface area contributed by atoms with E-state index in [1.807, 2.05) is 0 Å². The summed E-state index contributed by atoms with van der Waals surface area (Å²) in [6.07, 6.45) is 32.9. The Balaban J connectivity index is 1.27. The zero-order valence-electron chi connectivity index (χ0n) is 23.1. The van der Waals surface area contributed by atoms with E-state index in [1.165, 1.54) is 141 Å². The second kappa shape index (κ2) is 12.4. The molecule has 5 rings (SSSR count). The fraction of sp³-hybridized carbons (Fsp3) is 1.00. The van der Waals surface area contributed by atoms with Crippen LogP contribution in [0.5, 0.6) is 0 Å². The molecule has 0 aromatic heterocycles. The van der Waals surface area contributed by atoms with Gasteiger partial charge in [0.1, 0.15) is 0 Å². The third-order valence-electron chi connectivity index (χ3n) is 11.2. The lowest BCUT2D eigenvalue weighted by Gasteiger charge is -2.52. The Kier molecular flexibility index (Phi) is 9.36. The summed E-state index contributed by atoms with van der Waals surface area (Å²) in [5, 5.41) is 0. The molecule has 0 radical (unpaired) electrons. The SMILES string of the molecule is CC1CCCC(N(C2CCCCC2)C2CCC(N(C3CCCCC3)C3CCCC(C)C3)CC2)C1. The molecule has 2 heteroatoms. The van der Waals surface area contributed by atoms with Gasteiger partial charge in [-0.25, -0.2) is 0 Å². The van der Waals surface area contributed by atoms with Crippen molar-refractivity contribution in [3.63, 3.8) is 0 Å². The van der Waals surface area contributed by atoms with E-state index in [-0.39, 0.29) is 0 Å². The summed E-state index contributed by atoms with van der Waals surface area (Å²) < 4.78 is 0. The Morgan fingerprint density at radius 2 is 0.647 bits per heavy atom. The molecule has 0 aromatic carbocycles. The first-order chi connectivity index (χ1) is 16.7. The predicted octanol–water partition coefficient (Wildman–Crippen LogP) is 8.72. The van der Waals surface area contributed by atoms with Gasteiger partial charge in [0, 0.05) is 36.3 Å². The Labute approximate surface area is 213 Å².